The first-order valence-corrected chi connectivity index (χ1v) is 9.18. The van der Waals surface area contributed by atoms with Crippen LogP contribution >= 0.6 is 0 Å². The molecule has 1 amide bonds. The minimum absolute atomic E-state index is 0.0758. The third-order valence-corrected chi connectivity index (χ3v) is 5.31. The lowest BCUT2D eigenvalue weighted by Crippen LogP contribution is -2.38. The molecule has 2 aromatic rings. The minimum Gasteiger partial charge on any atom is -0.373 e. The van der Waals surface area contributed by atoms with Crippen molar-refractivity contribution in [1.29, 1.82) is 0 Å². The van der Waals surface area contributed by atoms with E-state index in [2.05, 4.69) is 58.9 Å². The van der Waals surface area contributed by atoms with Crippen molar-refractivity contribution in [3.63, 3.8) is 0 Å². The highest BCUT2D eigenvalue weighted by Gasteiger charge is 2.27. The van der Waals surface area contributed by atoms with E-state index in [-0.39, 0.29) is 11.9 Å². The largest absolute Gasteiger partial charge is 0.373 e. The number of carbonyl (C=O) groups excluding carboxylic acids is 1. The van der Waals surface area contributed by atoms with Crippen LogP contribution in [0.2, 0.25) is 0 Å². The summed E-state index contributed by atoms with van der Waals surface area (Å²) in [7, 11) is 0. The molecule has 4 nitrogen and oxygen atoms in total. The number of hydrogen-bond acceptors (Lipinski definition) is 3. The zero-order valence-corrected chi connectivity index (χ0v) is 14.7. The molecule has 25 heavy (non-hydrogen) atoms. The van der Waals surface area contributed by atoms with Gasteiger partial charge in [0.1, 0.15) is 6.04 Å². The van der Waals surface area contributed by atoms with Crippen LogP contribution in [0.3, 0.4) is 0 Å². The molecule has 1 atom stereocenters. The average molecular weight is 335 g/mol. The number of anilines is 2. The minimum atomic E-state index is -0.171. The number of nitrogens with one attached hydrogen (secondary N) is 2. The summed E-state index contributed by atoms with van der Waals surface area (Å²) in [6, 6.07) is 14.5. The van der Waals surface area contributed by atoms with Gasteiger partial charge in [0, 0.05) is 37.4 Å². The summed E-state index contributed by atoms with van der Waals surface area (Å²) >= 11 is 0. The van der Waals surface area contributed by atoms with E-state index < -0.39 is 0 Å². The van der Waals surface area contributed by atoms with E-state index >= 15 is 0 Å². The Balaban J connectivity index is 1.41. The quantitative estimate of drug-likeness (QED) is 0.901. The standard InChI is InChI=1S/C21H25N3O/c1-15-7-6-9-16-13-18(23-20(15)16)21(25)22-14-17-8-2-3-10-19(17)24-11-4-5-12-24/h2-3,6-10,18,23H,4-5,11-14H2,1H3,(H,22,25). The van der Waals surface area contributed by atoms with Crippen LogP contribution in [0.15, 0.2) is 42.5 Å². The second-order valence-electron chi connectivity index (χ2n) is 7.05. The van der Waals surface area contributed by atoms with Crippen molar-refractivity contribution in [2.45, 2.75) is 38.8 Å². The Bertz CT molecular complexity index is 780. The Labute approximate surface area is 149 Å². The van der Waals surface area contributed by atoms with E-state index in [0.29, 0.717) is 6.54 Å². The number of para-hydroxylation sites is 2. The zero-order valence-electron chi connectivity index (χ0n) is 14.7. The topological polar surface area (TPSA) is 44.4 Å². The van der Waals surface area contributed by atoms with Gasteiger partial charge in [-0.3, -0.25) is 4.79 Å². The molecule has 0 spiro atoms. The van der Waals surface area contributed by atoms with Crippen molar-refractivity contribution in [3.05, 3.63) is 59.2 Å². The van der Waals surface area contributed by atoms with Crippen LogP contribution in [-0.2, 0) is 17.8 Å². The van der Waals surface area contributed by atoms with Crippen LogP contribution in [0, 0.1) is 6.92 Å². The Morgan fingerprint density at radius 3 is 2.76 bits per heavy atom. The normalized spacial score (nSPS) is 18.8. The van der Waals surface area contributed by atoms with Gasteiger partial charge in [0.15, 0.2) is 0 Å². The van der Waals surface area contributed by atoms with Crippen LogP contribution < -0.4 is 15.5 Å². The van der Waals surface area contributed by atoms with Gasteiger partial charge in [0.05, 0.1) is 0 Å². The van der Waals surface area contributed by atoms with E-state index in [1.165, 1.54) is 35.2 Å². The molecule has 0 saturated carbocycles. The lowest BCUT2D eigenvalue weighted by Gasteiger charge is -2.22. The summed E-state index contributed by atoms with van der Waals surface area (Å²) in [4.78, 5) is 15.1. The number of fused-ring (bicyclic) bond motifs is 1. The van der Waals surface area contributed by atoms with Crippen LogP contribution in [0.4, 0.5) is 11.4 Å². The molecule has 1 saturated heterocycles. The maximum absolute atomic E-state index is 12.6. The van der Waals surface area contributed by atoms with Gasteiger partial charge in [-0.25, -0.2) is 0 Å². The second kappa shape index (κ2) is 6.79. The number of carbonyl (C=O) groups is 1. The Kier molecular flexibility index (Phi) is 4.35. The Morgan fingerprint density at radius 1 is 1.16 bits per heavy atom. The van der Waals surface area contributed by atoms with Gasteiger partial charge in [0.25, 0.3) is 0 Å². The van der Waals surface area contributed by atoms with Crippen molar-refractivity contribution in [1.82, 2.24) is 5.32 Å². The van der Waals surface area contributed by atoms with Crippen molar-refractivity contribution >= 4 is 17.3 Å². The Morgan fingerprint density at radius 2 is 1.96 bits per heavy atom. The molecule has 2 N–H and O–H groups in total. The molecule has 0 bridgehead atoms. The molecule has 0 radical (unpaired) electrons. The highest BCUT2D eigenvalue weighted by molar-refractivity contribution is 5.88. The van der Waals surface area contributed by atoms with E-state index in [4.69, 9.17) is 0 Å². The maximum Gasteiger partial charge on any atom is 0.243 e. The molecule has 2 aliphatic heterocycles. The monoisotopic (exact) mass is 335 g/mol. The number of aryl methyl sites for hydroxylation is 1. The van der Waals surface area contributed by atoms with Gasteiger partial charge in [0.2, 0.25) is 5.91 Å². The molecule has 1 fully saturated rings. The van der Waals surface area contributed by atoms with Gasteiger partial charge >= 0.3 is 0 Å². The van der Waals surface area contributed by atoms with Crippen LogP contribution in [0.1, 0.15) is 29.5 Å². The van der Waals surface area contributed by atoms with Gasteiger partial charge in [-0.15, -0.1) is 0 Å². The SMILES string of the molecule is Cc1cccc2c1NC(C(=O)NCc1ccccc1N1CCCC1)C2. The number of nitrogens with zero attached hydrogens (tertiary/aromatic N) is 1. The molecule has 4 heteroatoms. The van der Waals surface area contributed by atoms with Gasteiger partial charge < -0.3 is 15.5 Å². The molecule has 2 aromatic carbocycles. The highest BCUT2D eigenvalue weighted by atomic mass is 16.2. The third-order valence-electron chi connectivity index (χ3n) is 5.31. The summed E-state index contributed by atoms with van der Waals surface area (Å²) in [5.74, 6) is 0.0758. The van der Waals surface area contributed by atoms with Crippen LogP contribution in [0.25, 0.3) is 0 Å². The van der Waals surface area contributed by atoms with Crippen molar-refractivity contribution in [2.24, 2.45) is 0 Å². The average Bonchev–Trinajstić information content (AvgIpc) is 3.30. The predicted molar refractivity (Wildman–Crippen MR) is 102 cm³/mol. The number of benzene rings is 2. The van der Waals surface area contributed by atoms with E-state index in [9.17, 15) is 4.79 Å². The lowest BCUT2D eigenvalue weighted by molar-refractivity contribution is -0.121. The first-order valence-electron chi connectivity index (χ1n) is 9.18. The van der Waals surface area contributed by atoms with Crippen molar-refractivity contribution in [3.8, 4) is 0 Å². The molecule has 2 aliphatic rings. The van der Waals surface area contributed by atoms with E-state index in [1.54, 1.807) is 0 Å². The van der Waals surface area contributed by atoms with E-state index in [1.807, 2.05) is 6.07 Å². The first-order chi connectivity index (χ1) is 12.2. The molecule has 4 rings (SSSR count). The van der Waals surface area contributed by atoms with Gasteiger partial charge in [-0.2, -0.15) is 0 Å². The molecule has 0 aliphatic carbocycles. The molecule has 130 valence electrons. The summed E-state index contributed by atoms with van der Waals surface area (Å²) in [5, 5.41) is 6.52. The van der Waals surface area contributed by atoms with Crippen LogP contribution in [0.5, 0.6) is 0 Å². The summed E-state index contributed by atoms with van der Waals surface area (Å²) in [6.07, 6.45) is 3.27. The number of rotatable bonds is 4. The molecular formula is C21H25N3O. The molecule has 1 unspecified atom stereocenters. The zero-order chi connectivity index (χ0) is 17.2. The third kappa shape index (κ3) is 3.21. The Hall–Kier alpha value is -2.49. The first kappa shape index (κ1) is 16.0. The predicted octanol–water partition coefficient (Wildman–Crippen LogP) is 3.25. The van der Waals surface area contributed by atoms with E-state index in [0.717, 1.165) is 25.2 Å². The highest BCUT2D eigenvalue weighted by Crippen LogP contribution is 2.29. The molecule has 0 aromatic heterocycles. The number of hydrogen-bond donors (Lipinski definition) is 2. The van der Waals surface area contributed by atoms with Gasteiger partial charge in [-0.1, -0.05) is 36.4 Å². The number of amides is 1. The fraction of sp³-hybridized carbons (Fsp3) is 0.381. The van der Waals surface area contributed by atoms with Crippen LogP contribution in [-0.4, -0.2) is 25.0 Å². The fourth-order valence-electron chi connectivity index (χ4n) is 3.94. The molecule has 2 heterocycles. The smallest absolute Gasteiger partial charge is 0.243 e. The fourth-order valence-corrected chi connectivity index (χ4v) is 3.94. The lowest BCUT2D eigenvalue weighted by atomic mass is 10.1. The molecular weight excluding hydrogens is 310 g/mol. The second-order valence-corrected chi connectivity index (χ2v) is 7.05. The van der Waals surface area contributed by atoms with Gasteiger partial charge in [-0.05, 0) is 42.5 Å². The summed E-state index contributed by atoms with van der Waals surface area (Å²) in [5.41, 5.74) is 6.02. The summed E-state index contributed by atoms with van der Waals surface area (Å²) in [6.45, 7) is 4.89. The van der Waals surface area contributed by atoms with Crippen molar-refractivity contribution in [2.75, 3.05) is 23.3 Å². The maximum atomic E-state index is 12.6. The summed E-state index contributed by atoms with van der Waals surface area (Å²) < 4.78 is 0. The van der Waals surface area contributed by atoms with Crippen molar-refractivity contribution < 1.29 is 4.79 Å².